The fourth-order valence-electron chi connectivity index (χ4n) is 3.16. The number of benzene rings is 2. The normalized spacial score (nSPS) is 12.9. The van der Waals surface area contributed by atoms with Crippen molar-refractivity contribution in [1.82, 2.24) is 9.97 Å². The lowest BCUT2D eigenvalue weighted by molar-refractivity contribution is 0.176. The molecule has 0 saturated carbocycles. The van der Waals surface area contributed by atoms with Gasteiger partial charge >= 0.3 is 0 Å². The topological polar surface area (TPSA) is 75.2 Å². The Kier molecular flexibility index (Phi) is 5.69. The zero-order valence-electron chi connectivity index (χ0n) is 14.9. The Hall–Kier alpha value is -2.30. The fourth-order valence-corrected chi connectivity index (χ4v) is 4.22. The predicted octanol–water partition coefficient (Wildman–Crippen LogP) is 4.09. The number of aromatic amines is 1. The summed E-state index contributed by atoms with van der Waals surface area (Å²) in [7, 11) is 0.0662. The number of aliphatic hydroxyl groups excluding tert-OH is 1. The first-order valence-electron chi connectivity index (χ1n) is 8.84. The minimum atomic E-state index is -0.245. The molecule has 142 valence electrons. The van der Waals surface area contributed by atoms with Gasteiger partial charge in [-0.15, -0.1) is 0 Å². The molecule has 2 heterocycles. The maximum Gasteiger partial charge on any atom is 0.189 e. The first kappa shape index (κ1) is 19.0. The molecule has 0 fully saturated rings. The smallest absolute Gasteiger partial charge is 0.189 e. The van der Waals surface area contributed by atoms with E-state index in [-0.39, 0.29) is 26.9 Å². The van der Waals surface area contributed by atoms with Crippen molar-refractivity contribution in [3.8, 4) is 0 Å². The second-order valence-corrected chi connectivity index (χ2v) is 7.86. The zero-order chi connectivity index (χ0) is 19.5. The van der Waals surface area contributed by atoms with Crippen LogP contribution in [0.5, 0.6) is 0 Å². The summed E-state index contributed by atoms with van der Waals surface area (Å²) in [6.07, 6.45) is 3.64. The number of halogens is 1. The van der Waals surface area contributed by atoms with Gasteiger partial charge in [0.05, 0.1) is 17.1 Å². The molecule has 0 bridgehead atoms. The number of fused-ring (bicyclic) bond motifs is 3. The highest BCUT2D eigenvalue weighted by atomic mass is 35.5. The molecule has 4 aromatic rings. The van der Waals surface area contributed by atoms with Crippen LogP contribution in [0.4, 0.5) is 0 Å². The maximum atomic E-state index is 12.0. The predicted molar refractivity (Wildman–Crippen MR) is 115 cm³/mol. The molecule has 7 heteroatoms. The number of nitrogens with zero attached hydrogens (tertiary/aromatic N) is 1. The molecule has 2 atom stereocenters. The molecule has 0 amide bonds. The van der Waals surface area contributed by atoms with Gasteiger partial charge in [-0.2, -0.15) is 0 Å². The van der Waals surface area contributed by atoms with E-state index >= 15 is 0 Å². The number of nitrogens with one attached hydrogen (secondary N) is 1. The van der Waals surface area contributed by atoms with Crippen molar-refractivity contribution in [1.29, 1.82) is 0 Å². The Labute approximate surface area is 168 Å². The Morgan fingerprint density at radius 1 is 1.21 bits per heavy atom. The van der Waals surface area contributed by atoms with E-state index in [0.717, 1.165) is 27.3 Å². The minimum absolute atomic E-state index is 0.0248. The van der Waals surface area contributed by atoms with E-state index in [1.54, 1.807) is 12.4 Å². The van der Waals surface area contributed by atoms with Crippen LogP contribution in [0, 0.1) is 0 Å². The standard InChI is InChI=1S/C21H18ClN2O3P/c22-15-3-1-2-13(10-15)19(7-9-25)27-28-16-11-14-4-5-17-18(26)6-8-23-21(17)20(14)24-12-16/h1-6,8,10-12,19,25,28H,7,9H2,(H,23,26)/t19-/m0/s1. The van der Waals surface area contributed by atoms with Gasteiger partial charge in [-0.05, 0) is 29.8 Å². The SMILES string of the molecule is O=c1cc[nH]c2c1ccc1cc(PO[C@@H](CCO)c3cccc(Cl)c3)cnc12. The minimum Gasteiger partial charge on any atom is -0.396 e. The molecule has 2 aromatic carbocycles. The molecule has 28 heavy (non-hydrogen) atoms. The lowest BCUT2D eigenvalue weighted by Gasteiger charge is -2.17. The van der Waals surface area contributed by atoms with Crippen LogP contribution in [0.25, 0.3) is 21.8 Å². The lowest BCUT2D eigenvalue weighted by atomic mass is 10.1. The number of aliphatic hydroxyl groups is 1. The largest absolute Gasteiger partial charge is 0.396 e. The third-order valence-electron chi connectivity index (χ3n) is 4.51. The average Bonchev–Trinajstić information content (AvgIpc) is 2.71. The van der Waals surface area contributed by atoms with Crippen molar-refractivity contribution in [2.45, 2.75) is 12.5 Å². The molecule has 0 radical (unpaired) electrons. The van der Waals surface area contributed by atoms with Crippen molar-refractivity contribution in [2.24, 2.45) is 0 Å². The van der Waals surface area contributed by atoms with Crippen LogP contribution in [-0.2, 0) is 4.52 Å². The van der Waals surface area contributed by atoms with E-state index in [9.17, 15) is 9.90 Å². The Balaban J connectivity index is 1.60. The van der Waals surface area contributed by atoms with Crippen LogP contribution in [0.1, 0.15) is 18.1 Å². The van der Waals surface area contributed by atoms with Gasteiger partial charge < -0.3 is 14.6 Å². The van der Waals surface area contributed by atoms with Gasteiger partial charge in [0.2, 0.25) is 0 Å². The number of hydrogen-bond donors (Lipinski definition) is 2. The van der Waals surface area contributed by atoms with Gasteiger partial charge in [0.25, 0.3) is 0 Å². The van der Waals surface area contributed by atoms with Gasteiger partial charge in [0.1, 0.15) is 0 Å². The molecule has 0 saturated heterocycles. The third-order valence-corrected chi connectivity index (χ3v) is 5.66. The maximum absolute atomic E-state index is 12.0. The van der Waals surface area contributed by atoms with E-state index < -0.39 is 0 Å². The first-order chi connectivity index (χ1) is 13.7. The van der Waals surface area contributed by atoms with E-state index in [1.807, 2.05) is 42.5 Å². The van der Waals surface area contributed by atoms with Crippen molar-refractivity contribution in [3.05, 3.63) is 81.7 Å². The monoisotopic (exact) mass is 412 g/mol. The van der Waals surface area contributed by atoms with Crippen LogP contribution in [0.2, 0.25) is 5.02 Å². The Morgan fingerprint density at radius 3 is 2.93 bits per heavy atom. The van der Waals surface area contributed by atoms with Crippen LogP contribution in [-0.4, -0.2) is 21.7 Å². The number of rotatable bonds is 6. The zero-order valence-corrected chi connectivity index (χ0v) is 16.6. The molecule has 0 aliphatic carbocycles. The summed E-state index contributed by atoms with van der Waals surface area (Å²) in [5.41, 5.74) is 2.40. The van der Waals surface area contributed by atoms with E-state index in [1.165, 1.54) is 6.07 Å². The van der Waals surface area contributed by atoms with E-state index in [2.05, 4.69) is 9.97 Å². The van der Waals surface area contributed by atoms with Crippen molar-refractivity contribution in [3.63, 3.8) is 0 Å². The van der Waals surface area contributed by atoms with E-state index in [4.69, 9.17) is 16.1 Å². The van der Waals surface area contributed by atoms with Crippen LogP contribution < -0.4 is 10.7 Å². The highest BCUT2D eigenvalue weighted by Crippen LogP contribution is 2.31. The lowest BCUT2D eigenvalue weighted by Crippen LogP contribution is -2.06. The number of H-pyrrole nitrogens is 1. The van der Waals surface area contributed by atoms with Crippen LogP contribution in [0.15, 0.2) is 65.7 Å². The van der Waals surface area contributed by atoms with Gasteiger partial charge in [-0.25, -0.2) is 0 Å². The molecule has 5 nitrogen and oxygen atoms in total. The van der Waals surface area contributed by atoms with Crippen molar-refractivity contribution in [2.75, 3.05) is 6.61 Å². The highest BCUT2D eigenvalue weighted by Gasteiger charge is 2.13. The summed E-state index contributed by atoms with van der Waals surface area (Å²) < 4.78 is 6.08. The summed E-state index contributed by atoms with van der Waals surface area (Å²) in [6, 6.07) is 14.7. The molecule has 2 N–H and O–H groups in total. The van der Waals surface area contributed by atoms with Gasteiger partial charge in [-0.1, -0.05) is 29.8 Å². The molecular weight excluding hydrogens is 395 g/mol. The summed E-state index contributed by atoms with van der Waals surface area (Å²) in [5, 5.41) is 12.5. The third kappa shape index (κ3) is 3.94. The molecule has 0 aliphatic rings. The first-order valence-corrected chi connectivity index (χ1v) is 10.1. The van der Waals surface area contributed by atoms with Crippen molar-refractivity contribution >= 4 is 47.5 Å². The van der Waals surface area contributed by atoms with Gasteiger partial charge in [0, 0.05) is 61.4 Å². The molecule has 1 unspecified atom stereocenters. The molecule has 0 aliphatic heterocycles. The Bertz CT molecular complexity index is 1200. The summed E-state index contributed by atoms with van der Waals surface area (Å²) in [6.45, 7) is 0.0248. The molecule has 4 rings (SSSR count). The average molecular weight is 413 g/mol. The Morgan fingerprint density at radius 2 is 2.11 bits per heavy atom. The number of aromatic nitrogens is 2. The second-order valence-electron chi connectivity index (χ2n) is 6.40. The summed E-state index contributed by atoms with van der Waals surface area (Å²) in [5.74, 6) is 0. The van der Waals surface area contributed by atoms with Crippen molar-refractivity contribution < 1.29 is 9.63 Å². The van der Waals surface area contributed by atoms with Gasteiger partial charge in [0.15, 0.2) is 5.43 Å². The highest BCUT2D eigenvalue weighted by molar-refractivity contribution is 7.42. The number of hydrogen-bond acceptors (Lipinski definition) is 4. The second kappa shape index (κ2) is 8.38. The van der Waals surface area contributed by atoms with Crippen LogP contribution in [0.3, 0.4) is 0 Å². The van der Waals surface area contributed by atoms with E-state index in [0.29, 0.717) is 16.8 Å². The molecule has 2 aromatic heterocycles. The summed E-state index contributed by atoms with van der Waals surface area (Å²) >= 11 is 6.08. The number of pyridine rings is 2. The summed E-state index contributed by atoms with van der Waals surface area (Å²) in [4.78, 5) is 19.7. The quantitative estimate of drug-likeness (QED) is 0.369. The van der Waals surface area contributed by atoms with Crippen LogP contribution >= 0.6 is 20.4 Å². The molecule has 0 spiro atoms. The molecular formula is C21H18ClN2O3P. The fraction of sp³-hybridized carbons (Fsp3) is 0.143. The van der Waals surface area contributed by atoms with Gasteiger partial charge in [-0.3, -0.25) is 9.78 Å².